The van der Waals surface area contributed by atoms with Crippen molar-refractivity contribution in [2.24, 2.45) is 0 Å². The summed E-state index contributed by atoms with van der Waals surface area (Å²) in [6.07, 6.45) is 7.66. The molecule has 0 unspecified atom stereocenters. The van der Waals surface area contributed by atoms with Crippen molar-refractivity contribution in [3.8, 4) is 0 Å². The van der Waals surface area contributed by atoms with Crippen LogP contribution in [0.1, 0.15) is 69.7 Å². The number of Topliss-reactive ketones (excluding diaryl/α,β-unsaturated/α-hetero) is 1. The summed E-state index contributed by atoms with van der Waals surface area (Å²) in [6.45, 7) is 6.86. The summed E-state index contributed by atoms with van der Waals surface area (Å²) in [7, 11) is 0. The van der Waals surface area contributed by atoms with Crippen LogP contribution in [-0.4, -0.2) is 34.4 Å². The second kappa shape index (κ2) is 9.96. The molecular weight excluding hydrogens is 403 g/mol. The molecule has 1 aromatic carbocycles. The van der Waals surface area contributed by atoms with Gasteiger partial charge in [0.1, 0.15) is 0 Å². The molecule has 134 valence electrons. The number of hydrogen-bond donors (Lipinski definition) is 0. The molecule has 2 atom stereocenters. The van der Waals surface area contributed by atoms with E-state index in [4.69, 9.17) is 4.74 Å². The standard InChI is InChI=1S/C9H7O2.3C4H9.Sn/c10-9(8-6-11-8)7-4-2-1-3-5-7;3*1-3-4-2;/h1-6,8H;3*1,3-4H2,2H3;/t8-;;;;/m0..../s1. The van der Waals surface area contributed by atoms with Gasteiger partial charge >= 0.3 is 152 Å². The quantitative estimate of drug-likeness (QED) is 0.227. The Kier molecular flexibility index (Phi) is 8.28. The number of ether oxygens (including phenoxy) is 1. The fourth-order valence-corrected chi connectivity index (χ4v) is 21.1. The maximum absolute atomic E-state index is 12.8. The van der Waals surface area contributed by atoms with Crippen LogP contribution in [0.4, 0.5) is 0 Å². The van der Waals surface area contributed by atoms with Crippen molar-refractivity contribution in [3.05, 3.63) is 35.9 Å². The van der Waals surface area contributed by atoms with E-state index in [2.05, 4.69) is 20.8 Å². The van der Waals surface area contributed by atoms with Crippen molar-refractivity contribution >= 4 is 24.2 Å². The van der Waals surface area contributed by atoms with Gasteiger partial charge in [-0.25, -0.2) is 0 Å². The molecule has 1 saturated heterocycles. The summed E-state index contributed by atoms with van der Waals surface area (Å²) in [4.78, 5) is 12.8. The van der Waals surface area contributed by atoms with E-state index in [1.165, 1.54) is 51.8 Å². The normalized spacial score (nSPS) is 20.1. The van der Waals surface area contributed by atoms with Gasteiger partial charge in [-0.2, -0.15) is 0 Å². The van der Waals surface area contributed by atoms with Crippen molar-refractivity contribution in [3.63, 3.8) is 0 Å². The molecule has 3 heteroatoms. The van der Waals surface area contributed by atoms with Gasteiger partial charge in [0, 0.05) is 0 Å². The van der Waals surface area contributed by atoms with Crippen LogP contribution in [0.3, 0.4) is 0 Å². The summed E-state index contributed by atoms with van der Waals surface area (Å²) < 4.78 is 10.7. The van der Waals surface area contributed by atoms with Crippen LogP contribution >= 0.6 is 0 Å². The number of rotatable bonds is 12. The molecule has 0 aromatic heterocycles. The first kappa shape index (κ1) is 20.0. The van der Waals surface area contributed by atoms with Crippen LogP contribution in [0, 0.1) is 0 Å². The van der Waals surface area contributed by atoms with Gasteiger partial charge in [-0.1, -0.05) is 0 Å². The van der Waals surface area contributed by atoms with Gasteiger partial charge in [-0.15, -0.1) is 0 Å². The average Bonchev–Trinajstić information content (AvgIpc) is 3.43. The first-order chi connectivity index (χ1) is 11.7. The predicted octanol–water partition coefficient (Wildman–Crippen LogP) is 6.03. The van der Waals surface area contributed by atoms with Gasteiger partial charge in [0.15, 0.2) is 0 Å². The molecular formula is C21H34O2Sn. The molecule has 0 amide bonds. The van der Waals surface area contributed by atoms with Crippen molar-refractivity contribution in [2.45, 2.75) is 82.8 Å². The van der Waals surface area contributed by atoms with E-state index in [0.29, 0.717) is 4.12 Å². The maximum atomic E-state index is 12.8. The number of carbonyl (C=O) groups is 1. The van der Waals surface area contributed by atoms with E-state index < -0.39 is 18.4 Å². The van der Waals surface area contributed by atoms with Gasteiger partial charge < -0.3 is 0 Å². The minimum absolute atomic E-state index is 0.117. The fourth-order valence-electron chi connectivity index (χ4n) is 3.93. The molecule has 0 bridgehead atoms. The van der Waals surface area contributed by atoms with Crippen LogP contribution in [0.15, 0.2) is 30.3 Å². The summed E-state index contributed by atoms with van der Waals surface area (Å²) in [5.74, 6) is 0.228. The molecule has 2 nitrogen and oxygen atoms in total. The Morgan fingerprint density at radius 3 is 1.88 bits per heavy atom. The van der Waals surface area contributed by atoms with Crippen molar-refractivity contribution in [2.75, 3.05) is 0 Å². The van der Waals surface area contributed by atoms with Crippen molar-refractivity contribution < 1.29 is 9.53 Å². The van der Waals surface area contributed by atoms with Crippen molar-refractivity contribution in [1.82, 2.24) is 0 Å². The van der Waals surface area contributed by atoms with Crippen LogP contribution in [0.25, 0.3) is 0 Å². The zero-order valence-electron chi connectivity index (χ0n) is 15.7. The Bertz CT molecular complexity index is 478. The number of epoxide rings is 1. The van der Waals surface area contributed by atoms with Crippen LogP contribution < -0.4 is 0 Å². The summed E-state index contributed by atoms with van der Waals surface area (Å²) in [5.41, 5.74) is 0.826. The SMILES string of the molecule is CCC[CH2][Sn]([CH2]CCC)([CH2]CCC)[C@@H]1O[C@@H]1C(=O)c1ccccc1. The molecule has 24 heavy (non-hydrogen) atoms. The monoisotopic (exact) mass is 438 g/mol. The predicted molar refractivity (Wildman–Crippen MR) is 104 cm³/mol. The first-order valence-electron chi connectivity index (χ1n) is 9.93. The molecule has 0 aliphatic carbocycles. The summed E-state index contributed by atoms with van der Waals surface area (Å²) in [5, 5.41) is 0. The zero-order chi connectivity index (χ0) is 17.4. The minimum atomic E-state index is -2.41. The average molecular weight is 437 g/mol. The van der Waals surface area contributed by atoms with E-state index in [1.54, 1.807) is 0 Å². The van der Waals surface area contributed by atoms with E-state index in [9.17, 15) is 4.79 Å². The summed E-state index contributed by atoms with van der Waals surface area (Å²) >= 11 is -2.41. The van der Waals surface area contributed by atoms with E-state index in [0.717, 1.165) is 5.56 Å². The number of carbonyl (C=O) groups excluding carboxylic acids is 1. The Morgan fingerprint density at radius 1 is 0.917 bits per heavy atom. The molecule has 1 heterocycles. The van der Waals surface area contributed by atoms with E-state index in [-0.39, 0.29) is 11.9 Å². The molecule has 1 aliphatic heterocycles. The number of ketones is 1. The molecule has 0 saturated carbocycles. The molecule has 2 rings (SSSR count). The van der Waals surface area contributed by atoms with Crippen molar-refractivity contribution in [1.29, 1.82) is 0 Å². The van der Waals surface area contributed by atoms with Gasteiger partial charge in [-0.05, 0) is 0 Å². The Morgan fingerprint density at radius 2 is 1.42 bits per heavy atom. The topological polar surface area (TPSA) is 29.6 Å². The van der Waals surface area contributed by atoms with Gasteiger partial charge in [0.2, 0.25) is 0 Å². The first-order valence-corrected chi connectivity index (χ1v) is 17.6. The van der Waals surface area contributed by atoms with Crippen LogP contribution in [0.2, 0.25) is 13.3 Å². The number of benzene rings is 1. The zero-order valence-corrected chi connectivity index (χ0v) is 18.6. The molecule has 0 radical (unpaired) electrons. The third-order valence-electron chi connectivity index (χ3n) is 5.50. The Hall–Kier alpha value is -0.351. The van der Waals surface area contributed by atoms with E-state index >= 15 is 0 Å². The molecule has 1 fully saturated rings. The second-order valence-electron chi connectivity index (χ2n) is 7.38. The second-order valence-corrected chi connectivity index (χ2v) is 21.1. The Labute approximate surface area is 152 Å². The van der Waals surface area contributed by atoms with Gasteiger partial charge in [0.05, 0.1) is 0 Å². The Balaban J connectivity index is 2.12. The third-order valence-corrected chi connectivity index (χ3v) is 21.7. The van der Waals surface area contributed by atoms with Gasteiger partial charge in [-0.3, -0.25) is 0 Å². The van der Waals surface area contributed by atoms with Crippen LogP contribution in [0.5, 0.6) is 0 Å². The molecule has 1 aromatic rings. The van der Waals surface area contributed by atoms with Crippen LogP contribution in [-0.2, 0) is 4.74 Å². The number of unbranched alkanes of at least 4 members (excludes halogenated alkanes) is 3. The molecule has 0 spiro atoms. The van der Waals surface area contributed by atoms with E-state index in [1.807, 2.05) is 30.3 Å². The molecule has 0 N–H and O–H groups in total. The molecule has 1 aliphatic rings. The van der Waals surface area contributed by atoms with Gasteiger partial charge in [0.25, 0.3) is 0 Å². The fraction of sp³-hybridized carbons (Fsp3) is 0.667. The number of hydrogen-bond acceptors (Lipinski definition) is 2. The summed E-state index contributed by atoms with van der Waals surface area (Å²) in [6, 6.07) is 9.74. The third kappa shape index (κ3) is 5.07.